The average molecular weight is 259 g/mol. The van der Waals surface area contributed by atoms with E-state index in [0.29, 0.717) is 5.04 Å². The van der Waals surface area contributed by atoms with Crippen molar-refractivity contribution >= 4 is 19.9 Å². The van der Waals surface area contributed by atoms with Gasteiger partial charge in [0.25, 0.3) is 0 Å². The minimum Gasteiger partial charge on any atom is -0.176 e. The molecule has 0 N–H and O–H groups in total. The SMILES string of the molecule is CC([SiH2]Cl)(C1CCCCC1)C1CCCCC1. The van der Waals surface area contributed by atoms with Crippen molar-refractivity contribution in [2.45, 2.75) is 76.2 Å². The summed E-state index contributed by atoms with van der Waals surface area (Å²) in [6.07, 6.45) is 14.7. The van der Waals surface area contributed by atoms with E-state index in [1.165, 1.54) is 64.2 Å². The maximum absolute atomic E-state index is 6.51. The van der Waals surface area contributed by atoms with Crippen LogP contribution in [0.15, 0.2) is 0 Å². The summed E-state index contributed by atoms with van der Waals surface area (Å²) in [5.41, 5.74) is 0. The van der Waals surface area contributed by atoms with Gasteiger partial charge in [0.2, 0.25) is 0 Å². The highest BCUT2D eigenvalue weighted by molar-refractivity contribution is 6.95. The number of halogens is 1. The molecule has 2 heteroatoms. The Kier molecular flexibility index (Phi) is 4.78. The van der Waals surface area contributed by atoms with Crippen LogP contribution in [-0.4, -0.2) is 8.83 Å². The average Bonchev–Trinajstić information content (AvgIpc) is 2.40. The van der Waals surface area contributed by atoms with Crippen molar-refractivity contribution in [2.24, 2.45) is 11.8 Å². The summed E-state index contributed by atoms with van der Waals surface area (Å²) >= 11 is 6.51. The van der Waals surface area contributed by atoms with Gasteiger partial charge in [-0.3, -0.25) is 0 Å². The van der Waals surface area contributed by atoms with E-state index in [9.17, 15) is 0 Å². The minimum absolute atomic E-state index is 0.386. The van der Waals surface area contributed by atoms with Gasteiger partial charge in [0, 0.05) is 0 Å². The highest BCUT2D eigenvalue weighted by Gasteiger charge is 2.41. The lowest BCUT2D eigenvalue weighted by Gasteiger charge is -2.46. The molecule has 0 amide bonds. The van der Waals surface area contributed by atoms with Crippen LogP contribution in [0.25, 0.3) is 0 Å². The Morgan fingerprint density at radius 1 is 0.812 bits per heavy atom. The zero-order chi connectivity index (χ0) is 11.4. The Morgan fingerprint density at radius 2 is 1.19 bits per heavy atom. The van der Waals surface area contributed by atoms with Gasteiger partial charge >= 0.3 is 0 Å². The predicted molar refractivity (Wildman–Crippen MR) is 75.9 cm³/mol. The zero-order valence-electron chi connectivity index (χ0n) is 10.8. The van der Waals surface area contributed by atoms with Gasteiger partial charge in [0.15, 0.2) is 0 Å². The van der Waals surface area contributed by atoms with Crippen LogP contribution in [0, 0.1) is 11.8 Å². The molecule has 0 aromatic rings. The number of rotatable bonds is 3. The summed E-state index contributed by atoms with van der Waals surface area (Å²) in [7, 11) is -0.386. The molecule has 2 saturated carbocycles. The second kappa shape index (κ2) is 5.91. The van der Waals surface area contributed by atoms with Crippen LogP contribution in [0.4, 0.5) is 0 Å². The summed E-state index contributed by atoms with van der Waals surface area (Å²) < 4.78 is 0. The number of hydrogen-bond acceptors (Lipinski definition) is 0. The van der Waals surface area contributed by atoms with E-state index >= 15 is 0 Å². The number of hydrogen-bond donors (Lipinski definition) is 0. The first-order valence-corrected chi connectivity index (χ1v) is 10.2. The fraction of sp³-hybridized carbons (Fsp3) is 1.00. The molecule has 0 heterocycles. The van der Waals surface area contributed by atoms with Crippen molar-refractivity contribution in [3.63, 3.8) is 0 Å². The topological polar surface area (TPSA) is 0 Å². The lowest BCUT2D eigenvalue weighted by molar-refractivity contribution is 0.174. The lowest BCUT2D eigenvalue weighted by Crippen LogP contribution is -2.34. The zero-order valence-corrected chi connectivity index (χ0v) is 13.0. The molecule has 2 aliphatic rings. The van der Waals surface area contributed by atoms with E-state index in [2.05, 4.69) is 6.92 Å². The van der Waals surface area contributed by atoms with E-state index in [1.807, 2.05) is 0 Å². The molecule has 2 aliphatic carbocycles. The predicted octanol–water partition coefficient (Wildman–Crippen LogP) is 4.65. The molecule has 0 aromatic carbocycles. The van der Waals surface area contributed by atoms with Crippen LogP contribution in [0.2, 0.25) is 5.04 Å². The molecule has 2 fully saturated rings. The van der Waals surface area contributed by atoms with Crippen molar-refractivity contribution in [1.82, 2.24) is 0 Å². The Labute approximate surface area is 108 Å². The molecule has 2 rings (SSSR count). The van der Waals surface area contributed by atoms with Crippen LogP contribution in [-0.2, 0) is 0 Å². The first kappa shape index (κ1) is 13.0. The van der Waals surface area contributed by atoms with Crippen LogP contribution in [0.5, 0.6) is 0 Å². The lowest BCUT2D eigenvalue weighted by atomic mass is 9.69. The maximum atomic E-state index is 6.51. The molecule has 0 aliphatic heterocycles. The molecule has 94 valence electrons. The second-order valence-electron chi connectivity index (χ2n) is 6.31. The smallest absolute Gasteiger partial charge is 0.131 e. The summed E-state index contributed by atoms with van der Waals surface area (Å²) in [6, 6.07) is 0. The van der Waals surface area contributed by atoms with E-state index in [4.69, 9.17) is 11.1 Å². The van der Waals surface area contributed by atoms with Crippen molar-refractivity contribution < 1.29 is 0 Å². The van der Waals surface area contributed by atoms with E-state index in [-0.39, 0.29) is 8.83 Å². The van der Waals surface area contributed by atoms with Gasteiger partial charge in [-0.2, -0.15) is 11.1 Å². The monoisotopic (exact) mass is 258 g/mol. The molecule has 0 bridgehead atoms. The Bertz CT molecular complexity index is 187. The third-order valence-electron chi connectivity index (χ3n) is 5.36. The minimum atomic E-state index is -0.386. The van der Waals surface area contributed by atoms with E-state index in [0.717, 1.165) is 11.8 Å². The Hall–Kier alpha value is 0.507. The van der Waals surface area contributed by atoms with Gasteiger partial charge in [-0.25, -0.2) is 0 Å². The van der Waals surface area contributed by atoms with Crippen LogP contribution >= 0.6 is 11.1 Å². The molecule has 0 aromatic heterocycles. The van der Waals surface area contributed by atoms with Gasteiger partial charge in [-0.1, -0.05) is 71.1 Å². The normalized spacial score (nSPS) is 26.6. The molecule has 0 nitrogen and oxygen atoms in total. The van der Waals surface area contributed by atoms with Crippen LogP contribution in [0.3, 0.4) is 0 Å². The van der Waals surface area contributed by atoms with Gasteiger partial charge in [-0.15, -0.1) is 0 Å². The van der Waals surface area contributed by atoms with Gasteiger partial charge < -0.3 is 0 Å². The summed E-state index contributed by atoms with van der Waals surface area (Å²) in [6.45, 7) is 2.55. The van der Waals surface area contributed by atoms with E-state index in [1.54, 1.807) is 0 Å². The molecular weight excluding hydrogens is 232 g/mol. The molecular formula is C14H27ClSi. The summed E-state index contributed by atoms with van der Waals surface area (Å²) in [4.78, 5) is 0. The van der Waals surface area contributed by atoms with Gasteiger partial charge in [0.05, 0.1) is 0 Å². The van der Waals surface area contributed by atoms with Crippen molar-refractivity contribution in [1.29, 1.82) is 0 Å². The quantitative estimate of drug-likeness (QED) is 0.511. The third kappa shape index (κ3) is 2.67. The first-order chi connectivity index (χ1) is 7.77. The molecule has 0 atom stereocenters. The largest absolute Gasteiger partial charge is 0.176 e. The molecule has 16 heavy (non-hydrogen) atoms. The second-order valence-corrected chi connectivity index (χ2v) is 8.90. The van der Waals surface area contributed by atoms with Crippen molar-refractivity contribution in [3.05, 3.63) is 0 Å². The highest BCUT2D eigenvalue weighted by atomic mass is 35.6. The first-order valence-electron chi connectivity index (χ1n) is 7.33. The van der Waals surface area contributed by atoms with Crippen LogP contribution < -0.4 is 0 Å². The maximum Gasteiger partial charge on any atom is 0.131 e. The van der Waals surface area contributed by atoms with Crippen LogP contribution in [0.1, 0.15) is 71.1 Å². The molecule has 0 radical (unpaired) electrons. The standard InChI is InChI=1S/C14H27ClSi/c1-14(16-15,12-8-4-2-5-9-12)13-10-6-3-7-11-13/h12-13H,2-11,16H2,1H3. The molecule has 0 saturated heterocycles. The Balaban J connectivity index is 2.03. The molecule has 0 unspecified atom stereocenters. The van der Waals surface area contributed by atoms with Crippen molar-refractivity contribution in [2.75, 3.05) is 0 Å². The summed E-state index contributed by atoms with van der Waals surface area (Å²) in [5.74, 6) is 1.96. The van der Waals surface area contributed by atoms with E-state index < -0.39 is 0 Å². The Morgan fingerprint density at radius 3 is 1.50 bits per heavy atom. The fourth-order valence-electron chi connectivity index (χ4n) is 4.08. The highest BCUT2D eigenvalue weighted by Crippen LogP contribution is 2.53. The fourth-order valence-corrected chi connectivity index (χ4v) is 6.64. The third-order valence-corrected chi connectivity index (χ3v) is 8.82. The van der Waals surface area contributed by atoms with Crippen molar-refractivity contribution in [3.8, 4) is 0 Å². The molecule has 0 spiro atoms. The summed E-state index contributed by atoms with van der Waals surface area (Å²) in [5, 5.41) is 0.586. The van der Waals surface area contributed by atoms with Gasteiger partial charge in [-0.05, 0) is 16.9 Å². The van der Waals surface area contributed by atoms with Gasteiger partial charge in [0.1, 0.15) is 8.83 Å².